The first-order valence-corrected chi connectivity index (χ1v) is 7.47. The van der Waals surface area contributed by atoms with E-state index in [4.69, 9.17) is 19.9 Å². The zero-order valence-electron chi connectivity index (χ0n) is 12.2. The standard InChI is InChI=1S/C16H25NO3/c1-2-9-19-14-5-3-13(4-6-14)16(17)12-20-15-7-10-18-11-8-15/h3-6,15-16H,2,7-12,17H2,1H3. The maximum Gasteiger partial charge on any atom is 0.119 e. The van der Waals surface area contributed by atoms with Gasteiger partial charge in [0.1, 0.15) is 5.75 Å². The maximum atomic E-state index is 6.17. The van der Waals surface area contributed by atoms with E-state index in [9.17, 15) is 0 Å². The lowest BCUT2D eigenvalue weighted by Gasteiger charge is -2.24. The minimum atomic E-state index is -0.0851. The molecule has 2 N–H and O–H groups in total. The number of rotatable bonds is 7. The van der Waals surface area contributed by atoms with Crippen LogP contribution in [0.2, 0.25) is 0 Å². The molecule has 1 saturated heterocycles. The van der Waals surface area contributed by atoms with Crippen molar-refractivity contribution in [2.45, 2.75) is 38.3 Å². The first-order chi connectivity index (χ1) is 9.79. The third-order valence-corrected chi connectivity index (χ3v) is 3.46. The minimum Gasteiger partial charge on any atom is -0.494 e. The molecule has 1 atom stereocenters. The highest BCUT2D eigenvalue weighted by atomic mass is 16.5. The molecule has 112 valence electrons. The van der Waals surface area contributed by atoms with Gasteiger partial charge in [-0.2, -0.15) is 0 Å². The third kappa shape index (κ3) is 4.78. The quantitative estimate of drug-likeness (QED) is 0.833. The van der Waals surface area contributed by atoms with Crippen LogP contribution in [-0.2, 0) is 9.47 Å². The normalized spacial score (nSPS) is 17.9. The minimum absolute atomic E-state index is 0.0851. The molecule has 1 aliphatic heterocycles. The van der Waals surface area contributed by atoms with Gasteiger partial charge in [-0.15, -0.1) is 0 Å². The van der Waals surface area contributed by atoms with Crippen LogP contribution in [0.1, 0.15) is 37.8 Å². The van der Waals surface area contributed by atoms with Crippen molar-refractivity contribution in [1.29, 1.82) is 0 Å². The van der Waals surface area contributed by atoms with Crippen LogP contribution in [0.5, 0.6) is 5.75 Å². The van der Waals surface area contributed by atoms with Crippen LogP contribution < -0.4 is 10.5 Å². The predicted octanol–water partition coefficient (Wildman–Crippen LogP) is 2.67. The fraction of sp³-hybridized carbons (Fsp3) is 0.625. The average Bonchev–Trinajstić information content (AvgIpc) is 2.52. The molecule has 0 aliphatic carbocycles. The van der Waals surface area contributed by atoms with E-state index in [-0.39, 0.29) is 6.04 Å². The zero-order valence-corrected chi connectivity index (χ0v) is 12.2. The number of ether oxygens (including phenoxy) is 3. The number of benzene rings is 1. The highest BCUT2D eigenvalue weighted by Gasteiger charge is 2.16. The molecular weight excluding hydrogens is 254 g/mol. The van der Waals surface area contributed by atoms with Crippen molar-refractivity contribution in [2.24, 2.45) is 5.73 Å². The largest absolute Gasteiger partial charge is 0.494 e. The van der Waals surface area contributed by atoms with Crippen molar-refractivity contribution in [1.82, 2.24) is 0 Å². The summed E-state index contributed by atoms with van der Waals surface area (Å²) in [4.78, 5) is 0. The van der Waals surface area contributed by atoms with Crippen molar-refractivity contribution < 1.29 is 14.2 Å². The molecule has 1 aromatic carbocycles. The average molecular weight is 279 g/mol. The SMILES string of the molecule is CCCOc1ccc(C(N)COC2CCOCC2)cc1. The highest BCUT2D eigenvalue weighted by Crippen LogP contribution is 2.18. The molecule has 1 fully saturated rings. The van der Waals surface area contributed by atoms with E-state index in [0.29, 0.717) is 12.7 Å². The van der Waals surface area contributed by atoms with Crippen molar-refractivity contribution in [3.63, 3.8) is 0 Å². The lowest BCUT2D eigenvalue weighted by Crippen LogP contribution is -2.27. The molecule has 1 aromatic rings. The van der Waals surface area contributed by atoms with Crippen molar-refractivity contribution in [2.75, 3.05) is 26.4 Å². The van der Waals surface area contributed by atoms with Crippen LogP contribution >= 0.6 is 0 Å². The van der Waals surface area contributed by atoms with Gasteiger partial charge in [0.15, 0.2) is 0 Å². The molecule has 1 heterocycles. The lowest BCUT2D eigenvalue weighted by molar-refractivity contribution is -0.0358. The number of nitrogens with two attached hydrogens (primary N) is 1. The molecular formula is C16H25NO3. The van der Waals surface area contributed by atoms with Crippen LogP contribution in [0, 0.1) is 0 Å². The molecule has 4 nitrogen and oxygen atoms in total. The fourth-order valence-corrected chi connectivity index (χ4v) is 2.21. The van der Waals surface area contributed by atoms with Gasteiger partial charge in [0.2, 0.25) is 0 Å². The van der Waals surface area contributed by atoms with Gasteiger partial charge >= 0.3 is 0 Å². The summed E-state index contributed by atoms with van der Waals surface area (Å²) in [5.74, 6) is 0.896. The van der Waals surface area contributed by atoms with E-state index in [0.717, 1.165) is 50.4 Å². The monoisotopic (exact) mass is 279 g/mol. The summed E-state index contributed by atoms with van der Waals surface area (Å²) in [7, 11) is 0. The Morgan fingerprint density at radius 1 is 1.25 bits per heavy atom. The number of hydrogen-bond donors (Lipinski definition) is 1. The van der Waals surface area contributed by atoms with E-state index in [1.807, 2.05) is 24.3 Å². The van der Waals surface area contributed by atoms with Gasteiger partial charge in [-0.3, -0.25) is 0 Å². The van der Waals surface area contributed by atoms with E-state index in [1.165, 1.54) is 0 Å². The fourth-order valence-electron chi connectivity index (χ4n) is 2.21. The predicted molar refractivity (Wildman–Crippen MR) is 78.9 cm³/mol. The molecule has 0 radical (unpaired) electrons. The molecule has 1 unspecified atom stereocenters. The molecule has 1 aliphatic rings. The van der Waals surface area contributed by atoms with Gasteiger partial charge in [-0.05, 0) is 37.0 Å². The topological polar surface area (TPSA) is 53.7 Å². The third-order valence-electron chi connectivity index (χ3n) is 3.46. The summed E-state index contributed by atoms with van der Waals surface area (Å²) in [6.07, 6.45) is 3.25. The Hall–Kier alpha value is -1.10. The molecule has 0 amide bonds. The second-order valence-electron chi connectivity index (χ2n) is 5.17. The van der Waals surface area contributed by atoms with Crippen molar-refractivity contribution in [3.8, 4) is 5.75 Å². The van der Waals surface area contributed by atoms with Gasteiger partial charge < -0.3 is 19.9 Å². The summed E-state index contributed by atoms with van der Waals surface area (Å²) >= 11 is 0. The van der Waals surface area contributed by atoms with Crippen molar-refractivity contribution in [3.05, 3.63) is 29.8 Å². The number of hydrogen-bond acceptors (Lipinski definition) is 4. The lowest BCUT2D eigenvalue weighted by atomic mass is 10.1. The Kier molecular flexibility index (Phi) is 6.30. The Morgan fingerprint density at radius 2 is 1.95 bits per heavy atom. The van der Waals surface area contributed by atoms with Gasteiger partial charge in [-0.25, -0.2) is 0 Å². The van der Waals surface area contributed by atoms with E-state index in [1.54, 1.807) is 0 Å². The second kappa shape index (κ2) is 8.25. The van der Waals surface area contributed by atoms with Crippen LogP contribution in [-0.4, -0.2) is 32.5 Å². The van der Waals surface area contributed by atoms with Crippen LogP contribution in [0.3, 0.4) is 0 Å². The molecule has 20 heavy (non-hydrogen) atoms. The highest BCUT2D eigenvalue weighted by molar-refractivity contribution is 5.29. The first-order valence-electron chi connectivity index (χ1n) is 7.47. The van der Waals surface area contributed by atoms with Gasteiger partial charge in [0, 0.05) is 13.2 Å². The van der Waals surface area contributed by atoms with Crippen LogP contribution in [0.25, 0.3) is 0 Å². The maximum absolute atomic E-state index is 6.17. The van der Waals surface area contributed by atoms with Crippen LogP contribution in [0.15, 0.2) is 24.3 Å². The summed E-state index contributed by atoms with van der Waals surface area (Å²) in [5, 5.41) is 0. The Morgan fingerprint density at radius 3 is 2.60 bits per heavy atom. The summed E-state index contributed by atoms with van der Waals surface area (Å²) in [5.41, 5.74) is 7.25. The Bertz CT molecular complexity index is 374. The summed E-state index contributed by atoms with van der Waals surface area (Å²) in [6, 6.07) is 7.89. The van der Waals surface area contributed by atoms with Gasteiger partial charge in [0.05, 0.1) is 25.4 Å². The molecule has 0 spiro atoms. The van der Waals surface area contributed by atoms with Crippen LogP contribution in [0.4, 0.5) is 0 Å². The van der Waals surface area contributed by atoms with E-state index < -0.39 is 0 Å². The van der Waals surface area contributed by atoms with E-state index in [2.05, 4.69) is 6.92 Å². The van der Waals surface area contributed by atoms with Gasteiger partial charge in [0.25, 0.3) is 0 Å². The molecule has 2 rings (SSSR count). The zero-order chi connectivity index (χ0) is 14.2. The molecule has 4 heteroatoms. The summed E-state index contributed by atoms with van der Waals surface area (Å²) in [6.45, 7) is 4.99. The van der Waals surface area contributed by atoms with Crippen molar-refractivity contribution >= 4 is 0 Å². The molecule has 0 saturated carbocycles. The van der Waals surface area contributed by atoms with E-state index >= 15 is 0 Å². The van der Waals surface area contributed by atoms with Gasteiger partial charge in [-0.1, -0.05) is 19.1 Å². The first kappa shape index (κ1) is 15.3. The Labute approximate surface area is 121 Å². The smallest absolute Gasteiger partial charge is 0.119 e. The molecule has 0 aromatic heterocycles. The Balaban J connectivity index is 1.77. The summed E-state index contributed by atoms with van der Waals surface area (Å²) < 4.78 is 16.7. The molecule has 0 bridgehead atoms. The second-order valence-corrected chi connectivity index (χ2v) is 5.17.